The van der Waals surface area contributed by atoms with Gasteiger partial charge in [0.15, 0.2) is 5.56 Å². The van der Waals surface area contributed by atoms with Crippen molar-refractivity contribution < 1.29 is 5.11 Å². The number of piperidine rings is 1. The van der Waals surface area contributed by atoms with Gasteiger partial charge in [0.05, 0.1) is 0 Å². The molecule has 0 saturated carbocycles. The van der Waals surface area contributed by atoms with Crippen LogP contribution < -0.4 is 16.1 Å². The van der Waals surface area contributed by atoms with Gasteiger partial charge in [-0.2, -0.15) is 5.26 Å². The second-order valence-corrected chi connectivity index (χ2v) is 5.15. The van der Waals surface area contributed by atoms with Crippen LogP contribution in [-0.2, 0) is 14.1 Å². The average Bonchev–Trinajstić information content (AvgIpc) is 2.48. The Morgan fingerprint density at radius 3 is 2.65 bits per heavy atom. The zero-order valence-corrected chi connectivity index (χ0v) is 11.7. The molecular weight excluding hydrogens is 260 g/mol. The Morgan fingerprint density at radius 1 is 1.35 bits per heavy atom. The molecule has 1 aromatic heterocycles. The van der Waals surface area contributed by atoms with Crippen LogP contribution in [0, 0.1) is 17.2 Å². The summed E-state index contributed by atoms with van der Waals surface area (Å²) >= 11 is 0. The van der Waals surface area contributed by atoms with Crippen molar-refractivity contribution in [1.29, 1.82) is 5.26 Å². The molecule has 20 heavy (non-hydrogen) atoms. The number of hydrogen-bond acceptors (Lipinski definition) is 5. The molecular formula is C13H18N4O3. The minimum absolute atomic E-state index is 0.0202. The molecule has 2 rings (SSSR count). The summed E-state index contributed by atoms with van der Waals surface area (Å²) in [5.41, 5.74) is -1.04. The molecule has 1 aliphatic heterocycles. The van der Waals surface area contributed by atoms with Gasteiger partial charge in [-0.25, -0.2) is 4.79 Å². The molecule has 0 spiro atoms. The summed E-state index contributed by atoms with van der Waals surface area (Å²) in [7, 11) is 2.92. The van der Waals surface area contributed by atoms with Gasteiger partial charge < -0.3 is 10.0 Å². The van der Waals surface area contributed by atoms with Crippen LogP contribution in [-0.4, -0.2) is 33.9 Å². The quantitative estimate of drug-likeness (QED) is 0.762. The van der Waals surface area contributed by atoms with Crippen molar-refractivity contribution in [1.82, 2.24) is 9.13 Å². The third-order valence-corrected chi connectivity index (χ3v) is 3.82. The second-order valence-electron chi connectivity index (χ2n) is 5.15. The number of hydrogen-bond donors (Lipinski definition) is 1. The largest absolute Gasteiger partial charge is 0.396 e. The maximum absolute atomic E-state index is 12.0. The Balaban J connectivity index is 2.60. The number of aromatic nitrogens is 2. The molecule has 7 nitrogen and oxygen atoms in total. The molecule has 0 bridgehead atoms. The molecule has 1 aliphatic rings. The van der Waals surface area contributed by atoms with E-state index >= 15 is 0 Å². The molecule has 0 aromatic carbocycles. The molecule has 2 heterocycles. The maximum atomic E-state index is 12.0. The number of rotatable bonds is 2. The fourth-order valence-electron chi connectivity index (χ4n) is 2.71. The van der Waals surface area contributed by atoms with Gasteiger partial charge in [0.1, 0.15) is 11.9 Å². The monoisotopic (exact) mass is 278 g/mol. The van der Waals surface area contributed by atoms with E-state index in [1.807, 2.05) is 11.0 Å². The van der Waals surface area contributed by atoms with Crippen LogP contribution in [0.5, 0.6) is 0 Å². The van der Waals surface area contributed by atoms with E-state index < -0.39 is 11.2 Å². The highest BCUT2D eigenvalue weighted by atomic mass is 16.3. The van der Waals surface area contributed by atoms with E-state index in [-0.39, 0.29) is 18.1 Å². The molecule has 1 atom stereocenters. The summed E-state index contributed by atoms with van der Waals surface area (Å²) < 4.78 is 2.27. The van der Waals surface area contributed by atoms with Crippen molar-refractivity contribution in [3.8, 4) is 6.07 Å². The highest BCUT2D eigenvalue weighted by molar-refractivity contribution is 5.53. The van der Waals surface area contributed by atoms with Crippen LogP contribution in [0.2, 0.25) is 0 Å². The third-order valence-electron chi connectivity index (χ3n) is 3.82. The minimum atomic E-state index is -0.572. The number of nitriles is 1. The van der Waals surface area contributed by atoms with E-state index in [2.05, 4.69) is 0 Å². The van der Waals surface area contributed by atoms with E-state index in [1.54, 1.807) is 7.05 Å². The predicted octanol–water partition coefficient (Wildman–Crippen LogP) is -0.836. The highest BCUT2D eigenvalue weighted by Gasteiger charge is 2.25. The van der Waals surface area contributed by atoms with Gasteiger partial charge in [0.25, 0.3) is 5.56 Å². The van der Waals surface area contributed by atoms with Crippen LogP contribution in [0.1, 0.15) is 18.4 Å². The van der Waals surface area contributed by atoms with Gasteiger partial charge in [-0.05, 0) is 18.8 Å². The number of aliphatic hydroxyl groups excluding tert-OH is 1. The molecule has 1 unspecified atom stereocenters. The lowest BCUT2D eigenvalue weighted by Gasteiger charge is -2.34. The summed E-state index contributed by atoms with van der Waals surface area (Å²) in [5, 5.41) is 18.5. The van der Waals surface area contributed by atoms with Crippen LogP contribution in [0.4, 0.5) is 5.82 Å². The lowest BCUT2D eigenvalue weighted by Crippen LogP contribution is -2.45. The molecule has 7 heteroatoms. The third kappa shape index (κ3) is 2.23. The topological polar surface area (TPSA) is 91.3 Å². The van der Waals surface area contributed by atoms with Gasteiger partial charge in [-0.3, -0.25) is 13.9 Å². The fourth-order valence-corrected chi connectivity index (χ4v) is 2.71. The van der Waals surface area contributed by atoms with Gasteiger partial charge >= 0.3 is 5.69 Å². The lowest BCUT2D eigenvalue weighted by molar-refractivity contribution is 0.208. The van der Waals surface area contributed by atoms with Crippen molar-refractivity contribution in [3.05, 3.63) is 26.4 Å². The molecule has 1 fully saturated rings. The molecule has 0 aliphatic carbocycles. The summed E-state index contributed by atoms with van der Waals surface area (Å²) in [6, 6.07) is 1.91. The van der Waals surface area contributed by atoms with Crippen molar-refractivity contribution >= 4 is 5.82 Å². The molecule has 1 aromatic rings. The van der Waals surface area contributed by atoms with Gasteiger partial charge in [-0.1, -0.05) is 0 Å². The Morgan fingerprint density at radius 2 is 2.05 bits per heavy atom. The second kappa shape index (κ2) is 5.51. The van der Waals surface area contributed by atoms with Gasteiger partial charge in [0, 0.05) is 33.8 Å². The van der Waals surface area contributed by atoms with Gasteiger partial charge in [-0.15, -0.1) is 0 Å². The summed E-state index contributed by atoms with van der Waals surface area (Å²) in [6.45, 7) is 1.29. The van der Waals surface area contributed by atoms with E-state index in [4.69, 9.17) is 0 Å². The number of aliphatic hydroxyl groups is 1. The molecule has 0 amide bonds. The van der Waals surface area contributed by atoms with Crippen molar-refractivity contribution in [3.63, 3.8) is 0 Å². The average molecular weight is 278 g/mol. The maximum Gasteiger partial charge on any atom is 0.332 e. The predicted molar refractivity (Wildman–Crippen MR) is 73.7 cm³/mol. The van der Waals surface area contributed by atoms with Crippen molar-refractivity contribution in [2.45, 2.75) is 12.8 Å². The highest BCUT2D eigenvalue weighted by Crippen LogP contribution is 2.23. The number of nitrogens with zero attached hydrogens (tertiary/aromatic N) is 4. The molecule has 1 saturated heterocycles. The zero-order chi connectivity index (χ0) is 14.9. The van der Waals surface area contributed by atoms with Crippen LogP contribution in [0.3, 0.4) is 0 Å². The SMILES string of the molecule is Cn1c(N2CCCC(CO)C2)c(C#N)c(=O)n(C)c1=O. The first kappa shape index (κ1) is 14.3. The summed E-state index contributed by atoms with van der Waals surface area (Å²) in [5.74, 6) is 0.466. The Kier molecular flexibility index (Phi) is 3.95. The minimum Gasteiger partial charge on any atom is -0.396 e. The first-order valence-electron chi connectivity index (χ1n) is 6.57. The van der Waals surface area contributed by atoms with Crippen LogP contribution in [0.25, 0.3) is 0 Å². The first-order chi connectivity index (χ1) is 9.51. The van der Waals surface area contributed by atoms with Crippen molar-refractivity contribution in [2.24, 2.45) is 20.0 Å². The summed E-state index contributed by atoms with van der Waals surface area (Å²) in [6.07, 6.45) is 1.77. The normalized spacial score (nSPS) is 18.9. The van der Waals surface area contributed by atoms with E-state index in [0.29, 0.717) is 18.9 Å². The Hall–Kier alpha value is -2.07. The van der Waals surface area contributed by atoms with Crippen LogP contribution in [0.15, 0.2) is 9.59 Å². The lowest BCUT2D eigenvalue weighted by atomic mass is 9.99. The molecule has 1 N–H and O–H groups in total. The van der Waals surface area contributed by atoms with E-state index in [0.717, 1.165) is 17.4 Å². The fraction of sp³-hybridized carbons (Fsp3) is 0.615. The number of anilines is 1. The standard InChI is InChI=1S/C13H18N4O3/c1-15-11(17-5-3-4-9(7-17)8-18)10(6-14)12(19)16(2)13(15)20/h9,18H,3-5,7-8H2,1-2H3. The molecule has 0 radical (unpaired) electrons. The summed E-state index contributed by atoms with van der Waals surface area (Å²) in [4.78, 5) is 25.9. The molecule has 108 valence electrons. The zero-order valence-electron chi connectivity index (χ0n) is 11.7. The Labute approximate surface area is 116 Å². The van der Waals surface area contributed by atoms with E-state index in [1.165, 1.54) is 11.6 Å². The van der Waals surface area contributed by atoms with Crippen molar-refractivity contribution in [2.75, 3.05) is 24.6 Å². The van der Waals surface area contributed by atoms with Gasteiger partial charge in [0.2, 0.25) is 0 Å². The van der Waals surface area contributed by atoms with E-state index in [9.17, 15) is 20.0 Å². The Bertz CT molecular complexity index is 668. The smallest absolute Gasteiger partial charge is 0.332 e. The van der Waals surface area contributed by atoms with Crippen LogP contribution >= 0.6 is 0 Å². The first-order valence-corrected chi connectivity index (χ1v) is 6.57.